The second kappa shape index (κ2) is 6.70. The van der Waals surface area contributed by atoms with E-state index in [1.807, 2.05) is 0 Å². The first kappa shape index (κ1) is 14.8. The van der Waals surface area contributed by atoms with E-state index in [-0.39, 0.29) is 23.1 Å². The van der Waals surface area contributed by atoms with Gasteiger partial charge in [0, 0.05) is 25.4 Å². The highest BCUT2D eigenvalue weighted by molar-refractivity contribution is 5.94. The van der Waals surface area contributed by atoms with E-state index < -0.39 is 0 Å². The van der Waals surface area contributed by atoms with Crippen molar-refractivity contribution in [3.05, 3.63) is 33.7 Å². The van der Waals surface area contributed by atoms with Crippen LogP contribution >= 0.6 is 0 Å². The zero-order chi connectivity index (χ0) is 14.5. The van der Waals surface area contributed by atoms with Gasteiger partial charge >= 0.3 is 0 Å². The number of aromatic amines is 1. The summed E-state index contributed by atoms with van der Waals surface area (Å²) < 4.78 is 5.09. The van der Waals surface area contributed by atoms with Gasteiger partial charge in [0.05, 0.1) is 6.61 Å². The molecule has 0 aromatic carbocycles. The van der Waals surface area contributed by atoms with Crippen LogP contribution in [-0.4, -0.2) is 42.1 Å². The molecule has 110 valence electrons. The van der Waals surface area contributed by atoms with Gasteiger partial charge in [-0.25, -0.2) is 0 Å². The number of amides is 1. The molecule has 0 bridgehead atoms. The summed E-state index contributed by atoms with van der Waals surface area (Å²) in [5, 5.41) is 0. The topological polar surface area (TPSA) is 62.4 Å². The fourth-order valence-corrected chi connectivity index (χ4v) is 2.75. The summed E-state index contributed by atoms with van der Waals surface area (Å²) in [6.07, 6.45) is 4.32. The first-order chi connectivity index (χ1) is 9.63. The van der Waals surface area contributed by atoms with Gasteiger partial charge < -0.3 is 14.6 Å². The van der Waals surface area contributed by atoms with E-state index in [1.54, 1.807) is 31.1 Å². The van der Waals surface area contributed by atoms with E-state index in [9.17, 15) is 9.59 Å². The van der Waals surface area contributed by atoms with Crippen LogP contribution in [0.2, 0.25) is 0 Å². The van der Waals surface area contributed by atoms with Crippen molar-refractivity contribution in [3.63, 3.8) is 0 Å². The maximum absolute atomic E-state index is 12.6. The van der Waals surface area contributed by atoms with Crippen molar-refractivity contribution in [2.45, 2.75) is 38.6 Å². The molecule has 1 aromatic rings. The van der Waals surface area contributed by atoms with Crippen molar-refractivity contribution >= 4 is 5.91 Å². The van der Waals surface area contributed by atoms with Crippen molar-refractivity contribution in [3.8, 4) is 0 Å². The zero-order valence-electron chi connectivity index (χ0n) is 12.1. The lowest BCUT2D eigenvalue weighted by atomic mass is 10.1. The van der Waals surface area contributed by atoms with Crippen LogP contribution in [-0.2, 0) is 4.74 Å². The minimum Gasteiger partial charge on any atom is -0.383 e. The molecule has 1 aliphatic carbocycles. The van der Waals surface area contributed by atoms with E-state index in [4.69, 9.17) is 4.74 Å². The highest BCUT2D eigenvalue weighted by Gasteiger charge is 2.28. The van der Waals surface area contributed by atoms with Crippen molar-refractivity contribution in [1.82, 2.24) is 9.88 Å². The summed E-state index contributed by atoms with van der Waals surface area (Å²) in [4.78, 5) is 29.0. The van der Waals surface area contributed by atoms with Gasteiger partial charge in [0.2, 0.25) is 0 Å². The number of rotatable bonds is 5. The van der Waals surface area contributed by atoms with Crippen molar-refractivity contribution in [1.29, 1.82) is 0 Å². The van der Waals surface area contributed by atoms with Crippen LogP contribution in [0.15, 0.2) is 16.9 Å². The highest BCUT2D eigenvalue weighted by atomic mass is 16.5. The molecule has 5 nitrogen and oxygen atoms in total. The Kier molecular flexibility index (Phi) is 4.95. The Hall–Kier alpha value is -1.62. The smallest absolute Gasteiger partial charge is 0.260 e. The predicted molar refractivity (Wildman–Crippen MR) is 77.0 cm³/mol. The molecule has 1 aliphatic rings. The summed E-state index contributed by atoms with van der Waals surface area (Å²) in [6, 6.07) is 3.61. The molecule has 1 aromatic heterocycles. The lowest BCUT2D eigenvalue weighted by Gasteiger charge is -2.28. The number of hydrogen-bond acceptors (Lipinski definition) is 3. The minimum atomic E-state index is -0.310. The number of hydrogen-bond donors (Lipinski definition) is 1. The maximum atomic E-state index is 12.6. The van der Waals surface area contributed by atoms with Gasteiger partial charge in [-0.1, -0.05) is 12.8 Å². The summed E-state index contributed by atoms with van der Waals surface area (Å²) in [5.41, 5.74) is 0.671. The van der Waals surface area contributed by atoms with E-state index in [1.165, 1.54) is 0 Å². The molecule has 1 heterocycles. The maximum Gasteiger partial charge on any atom is 0.260 e. The molecule has 0 spiro atoms. The van der Waals surface area contributed by atoms with Gasteiger partial charge in [-0.15, -0.1) is 0 Å². The molecule has 1 N–H and O–H groups in total. The number of H-pyrrole nitrogens is 1. The Morgan fingerprint density at radius 3 is 2.70 bits per heavy atom. The summed E-state index contributed by atoms with van der Waals surface area (Å²) in [6.45, 7) is 2.83. The monoisotopic (exact) mass is 278 g/mol. The van der Waals surface area contributed by atoms with E-state index in [0.29, 0.717) is 13.2 Å². The molecule has 0 saturated heterocycles. The number of carbonyl (C=O) groups excluding carboxylic acids is 1. The molecule has 20 heavy (non-hydrogen) atoms. The van der Waals surface area contributed by atoms with Gasteiger partial charge in [-0.2, -0.15) is 0 Å². The van der Waals surface area contributed by atoms with Crippen LogP contribution in [0.5, 0.6) is 0 Å². The van der Waals surface area contributed by atoms with Gasteiger partial charge in [-0.3, -0.25) is 9.59 Å². The van der Waals surface area contributed by atoms with Crippen LogP contribution in [0.1, 0.15) is 41.7 Å². The number of ether oxygens (including phenoxy) is 1. The van der Waals surface area contributed by atoms with E-state index in [0.717, 1.165) is 31.4 Å². The van der Waals surface area contributed by atoms with Gasteiger partial charge in [0.25, 0.3) is 11.5 Å². The minimum absolute atomic E-state index is 0.185. The van der Waals surface area contributed by atoms with E-state index in [2.05, 4.69) is 4.98 Å². The number of nitrogens with one attached hydrogen (secondary N) is 1. The number of aryl methyl sites for hydroxylation is 1. The van der Waals surface area contributed by atoms with Crippen LogP contribution in [0.4, 0.5) is 0 Å². The van der Waals surface area contributed by atoms with Crippen LogP contribution in [0.25, 0.3) is 0 Å². The molecule has 1 amide bonds. The van der Waals surface area contributed by atoms with Crippen molar-refractivity contribution in [2.75, 3.05) is 20.3 Å². The van der Waals surface area contributed by atoms with Gasteiger partial charge in [-0.05, 0) is 31.9 Å². The molecule has 0 aliphatic heterocycles. The summed E-state index contributed by atoms with van der Waals surface area (Å²) >= 11 is 0. The normalized spacial score (nSPS) is 15.5. The van der Waals surface area contributed by atoms with Crippen LogP contribution in [0.3, 0.4) is 0 Å². The first-order valence-corrected chi connectivity index (χ1v) is 7.13. The third-order valence-corrected chi connectivity index (χ3v) is 3.85. The SMILES string of the molecule is COCCN(C(=O)c1ccc(C)[nH]c1=O)C1CCCC1. The second-order valence-electron chi connectivity index (χ2n) is 5.31. The number of methoxy groups -OCH3 is 1. The lowest BCUT2D eigenvalue weighted by molar-refractivity contribution is 0.0604. The van der Waals surface area contributed by atoms with E-state index >= 15 is 0 Å². The van der Waals surface area contributed by atoms with Crippen molar-refractivity contribution < 1.29 is 9.53 Å². The van der Waals surface area contributed by atoms with Crippen LogP contribution < -0.4 is 5.56 Å². The predicted octanol–water partition coefficient (Wildman–Crippen LogP) is 1.71. The molecule has 2 rings (SSSR count). The molecule has 0 unspecified atom stereocenters. The first-order valence-electron chi connectivity index (χ1n) is 7.13. The fraction of sp³-hybridized carbons (Fsp3) is 0.600. The molecular weight excluding hydrogens is 256 g/mol. The summed E-state index contributed by atoms with van der Waals surface area (Å²) in [5.74, 6) is -0.185. The Morgan fingerprint density at radius 1 is 1.40 bits per heavy atom. The number of nitrogens with zero attached hydrogens (tertiary/aromatic N) is 1. The lowest BCUT2D eigenvalue weighted by Crippen LogP contribution is -2.43. The summed E-state index contributed by atoms with van der Waals surface area (Å²) in [7, 11) is 1.62. The molecule has 1 fully saturated rings. The standard InChI is InChI=1S/C15H22N2O3/c1-11-7-8-13(14(18)16-11)15(19)17(9-10-20-2)12-5-3-4-6-12/h7-8,12H,3-6,9-10H2,1-2H3,(H,16,18). The molecule has 0 atom stereocenters. The highest BCUT2D eigenvalue weighted by Crippen LogP contribution is 2.24. The Bertz CT molecular complexity index is 518. The Labute approximate surface area is 118 Å². The fourth-order valence-electron chi connectivity index (χ4n) is 2.75. The largest absolute Gasteiger partial charge is 0.383 e. The Morgan fingerprint density at radius 2 is 2.10 bits per heavy atom. The molecule has 0 radical (unpaired) electrons. The van der Waals surface area contributed by atoms with Crippen LogP contribution in [0, 0.1) is 6.92 Å². The number of aromatic nitrogens is 1. The van der Waals surface area contributed by atoms with Crippen molar-refractivity contribution in [2.24, 2.45) is 0 Å². The van der Waals surface area contributed by atoms with Gasteiger partial charge in [0.15, 0.2) is 0 Å². The quantitative estimate of drug-likeness (QED) is 0.892. The third-order valence-electron chi connectivity index (χ3n) is 3.85. The third kappa shape index (κ3) is 3.28. The zero-order valence-corrected chi connectivity index (χ0v) is 12.1. The molecule has 5 heteroatoms. The average molecular weight is 278 g/mol. The van der Waals surface area contributed by atoms with Gasteiger partial charge in [0.1, 0.15) is 5.56 Å². The Balaban J connectivity index is 2.22. The number of pyridine rings is 1. The second-order valence-corrected chi connectivity index (χ2v) is 5.31. The number of carbonyl (C=O) groups is 1. The molecular formula is C15H22N2O3. The average Bonchev–Trinajstić information content (AvgIpc) is 2.93. The molecule has 1 saturated carbocycles.